The first-order valence-electron chi connectivity index (χ1n) is 16.2. The van der Waals surface area contributed by atoms with E-state index in [9.17, 15) is 10.2 Å². The molecule has 0 aromatic carbocycles. The summed E-state index contributed by atoms with van der Waals surface area (Å²) >= 11 is 0. The summed E-state index contributed by atoms with van der Waals surface area (Å²) in [5.41, 5.74) is 0. The Morgan fingerprint density at radius 1 is 0.857 bits per heavy atom. The van der Waals surface area contributed by atoms with Crippen molar-refractivity contribution >= 4 is 77.5 Å². The van der Waals surface area contributed by atoms with Gasteiger partial charge >= 0.3 is 48.9 Å². The van der Waals surface area contributed by atoms with Crippen LogP contribution in [-0.2, 0) is 51.7 Å². The van der Waals surface area contributed by atoms with Crippen LogP contribution in [0.25, 0.3) is 0 Å². The van der Waals surface area contributed by atoms with E-state index in [4.69, 9.17) is 41.7 Å². The first kappa shape index (κ1) is 54.6. The van der Waals surface area contributed by atoms with Gasteiger partial charge in [-0.25, -0.2) is 0 Å². The fourth-order valence-corrected chi connectivity index (χ4v) is 6.10. The molecule has 0 bridgehead atoms. The summed E-state index contributed by atoms with van der Waals surface area (Å²) in [4.78, 5) is 0. The van der Waals surface area contributed by atoms with Gasteiger partial charge in [0.15, 0.2) is 11.6 Å². The average Bonchev–Trinajstić information content (AvgIpc) is 3.49. The van der Waals surface area contributed by atoms with Crippen molar-refractivity contribution in [3.05, 3.63) is 19.6 Å². The van der Waals surface area contributed by atoms with Crippen LogP contribution in [0.15, 0.2) is 12.2 Å². The Hall–Kier alpha value is 1.28. The minimum atomic E-state index is -2.77. The first-order chi connectivity index (χ1) is 22.1. The van der Waals surface area contributed by atoms with E-state index in [1.807, 2.05) is 39.8 Å². The molecule has 10 atom stereocenters. The van der Waals surface area contributed by atoms with Crippen LogP contribution in [0.5, 0.6) is 0 Å². The fraction of sp³-hybridized carbons (Fsp3) is 0.848. The topological polar surface area (TPSA) is 159 Å². The predicted molar refractivity (Wildman–Crippen MR) is 199 cm³/mol. The predicted octanol–water partition coefficient (Wildman–Crippen LogP) is 6.20. The van der Waals surface area contributed by atoms with E-state index >= 15 is 0 Å². The molecule has 2 fully saturated rings. The summed E-state index contributed by atoms with van der Waals surface area (Å²) in [7, 11) is 1.76. The van der Waals surface area contributed by atoms with Gasteiger partial charge in [-0.2, -0.15) is 0 Å². The molecule has 0 amide bonds. The molecule has 2 heterocycles. The molecule has 0 radical (unpaired) electrons. The maximum Gasteiger partial charge on any atom is 2.00 e. The maximum absolute atomic E-state index is 10.4. The molecule has 0 aliphatic carbocycles. The number of ether oxygens (including phenoxy) is 4. The quantitative estimate of drug-likeness (QED) is 0.0223. The fourth-order valence-electron chi connectivity index (χ4n) is 4.89. The molecule has 0 saturated carbocycles. The number of hydrogen-bond acceptors (Lipinski definition) is 13. The average molecular weight is 884 g/mol. The monoisotopic (exact) mass is 884 g/mol. The van der Waals surface area contributed by atoms with E-state index < -0.39 is 34.8 Å². The zero-order chi connectivity index (χ0) is 36.0. The molecule has 2 aliphatic rings. The Balaban J connectivity index is -0.000000732. The molecule has 0 aromatic heterocycles. The van der Waals surface area contributed by atoms with E-state index in [0.717, 1.165) is 50.8 Å². The Morgan fingerprint density at radius 3 is 1.76 bits per heavy atom. The molecule has 0 aromatic rings. The molecule has 12 nitrogen and oxygen atoms in total. The molecule has 2 saturated heterocycles. The third-order valence-corrected chi connectivity index (χ3v) is 9.45. The van der Waals surface area contributed by atoms with Crippen molar-refractivity contribution < 1.29 is 56.2 Å². The van der Waals surface area contributed by atoms with Crippen LogP contribution in [0.2, 0.25) is 0 Å². The van der Waals surface area contributed by atoms with Crippen molar-refractivity contribution in [2.24, 2.45) is 11.8 Å². The zero-order valence-electron chi connectivity index (χ0n) is 31.6. The second kappa shape index (κ2) is 30.6. The van der Waals surface area contributed by atoms with Gasteiger partial charge in [0.1, 0.15) is 24.4 Å². The van der Waals surface area contributed by atoms with Gasteiger partial charge in [-0.3, -0.25) is 9.59 Å². The minimum absolute atomic E-state index is 0. The third-order valence-electron chi connectivity index (χ3n) is 7.02. The van der Waals surface area contributed by atoms with Crippen molar-refractivity contribution in [3.8, 4) is 11.8 Å². The standard InChI is InChI=1S/C16H31O4P.C16H29O4P.CH3.Ba.HO4S/c2*1-6-8-14-15(20-16(3,4)19-14)13(17)10-7-9-12(2)11-21-18-5;;;1-4-5(2)3/h7,10,12-15,17,21H,6,8-9,11H2,1-5H3;12-15,17,21H,6,8-9,11H2,1-5H3;1H3;;1H/q;;-1;+2;-1/b10-7-;;;;/t2*12-,13?,14+,15-;;;/m11.../s1. The second-order valence-electron chi connectivity index (χ2n) is 12.6. The Labute approximate surface area is 342 Å². The summed E-state index contributed by atoms with van der Waals surface area (Å²) in [5, 5.41) is 27.6. The normalized spacial score (nSPS) is 25.0. The minimum Gasteiger partial charge on any atom is -0.394 e. The molecule has 16 heteroatoms. The molecule has 2 rings (SSSR count). The molecule has 0 spiro atoms. The van der Waals surface area contributed by atoms with E-state index in [1.165, 1.54) is 0 Å². The van der Waals surface area contributed by atoms with E-state index in [0.29, 0.717) is 29.5 Å². The molecule has 2 aliphatic heterocycles. The van der Waals surface area contributed by atoms with Crippen molar-refractivity contribution in [3.63, 3.8) is 0 Å². The van der Waals surface area contributed by atoms with Crippen LogP contribution in [-0.4, -0.2) is 139 Å². The molecule has 49 heavy (non-hydrogen) atoms. The maximum atomic E-state index is 10.4. The first-order valence-corrected chi connectivity index (χ1v) is 19.4. The zero-order valence-corrected chi connectivity index (χ0v) is 38.8. The number of hydrogen-bond donors (Lipinski definition) is 3. The number of rotatable bonds is 17. The Kier molecular flexibility index (Phi) is 34.1. The van der Waals surface area contributed by atoms with Gasteiger partial charge in [0.2, 0.25) is 0 Å². The van der Waals surface area contributed by atoms with Gasteiger partial charge in [-0.15, -0.1) is 5.92 Å². The van der Waals surface area contributed by atoms with Gasteiger partial charge in [0.25, 0.3) is 0 Å². The van der Waals surface area contributed by atoms with Crippen molar-refractivity contribution in [1.29, 1.82) is 0 Å². The molecular weight excluding hydrogens is 820 g/mol. The number of allylic oxidation sites excluding steroid dienone is 1. The summed E-state index contributed by atoms with van der Waals surface area (Å²) in [5.74, 6) is 5.79. The second-order valence-corrected chi connectivity index (χ2v) is 15.3. The smallest absolute Gasteiger partial charge is 0.394 e. The SMILES string of the molecule is CCC[C@@H]1OC(C)(C)O[C@@H]1C(O)/C=C\C[C@@H](C)CPOC.CCC[C@@H]1OC(C)(C)O[C@@H]1C(O)C#CC[C@@H](C)CPOC.O=[S-](=O)OO.[Ba+2].[CH3-]. The van der Waals surface area contributed by atoms with Crippen LogP contribution in [0.3, 0.4) is 0 Å². The molecule has 4 unspecified atom stereocenters. The Bertz CT molecular complexity index is 984. The van der Waals surface area contributed by atoms with Crippen LogP contribution in [0.4, 0.5) is 0 Å². The Morgan fingerprint density at radius 2 is 1.31 bits per heavy atom. The molecule has 3 N–H and O–H groups in total. The number of aliphatic hydroxyl groups excluding tert-OH is 2. The van der Waals surface area contributed by atoms with Gasteiger partial charge in [0, 0.05) is 38.3 Å². The van der Waals surface area contributed by atoms with Crippen LogP contribution >= 0.6 is 17.6 Å². The van der Waals surface area contributed by atoms with Crippen LogP contribution in [0.1, 0.15) is 93.9 Å². The summed E-state index contributed by atoms with van der Waals surface area (Å²) in [6, 6.07) is 0. The molecular formula is C33H64BaO12P2S. The van der Waals surface area contributed by atoms with Gasteiger partial charge < -0.3 is 54.1 Å². The van der Waals surface area contributed by atoms with Crippen molar-refractivity contribution in [1.82, 2.24) is 0 Å². The van der Waals surface area contributed by atoms with Crippen molar-refractivity contribution in [2.45, 2.75) is 142 Å². The summed E-state index contributed by atoms with van der Waals surface area (Å²) in [6.45, 7) is 16.1. The van der Waals surface area contributed by atoms with Crippen LogP contribution < -0.4 is 0 Å². The van der Waals surface area contributed by atoms with Gasteiger partial charge in [-0.05, 0) is 71.1 Å². The third kappa shape index (κ3) is 25.9. The summed E-state index contributed by atoms with van der Waals surface area (Å²) < 4.78 is 54.0. The van der Waals surface area contributed by atoms with E-state index in [2.05, 4.69) is 43.9 Å². The van der Waals surface area contributed by atoms with Gasteiger partial charge in [-0.1, -0.05) is 58.6 Å². The van der Waals surface area contributed by atoms with E-state index in [-0.39, 0.29) is 80.7 Å². The van der Waals surface area contributed by atoms with Crippen LogP contribution in [0, 0.1) is 31.1 Å². The molecule has 286 valence electrons. The largest absolute Gasteiger partial charge is 2.00 e. The van der Waals surface area contributed by atoms with Gasteiger partial charge in [0.05, 0.1) is 23.2 Å². The number of aliphatic hydroxyl groups is 2. The van der Waals surface area contributed by atoms with E-state index in [1.54, 1.807) is 14.2 Å². The summed E-state index contributed by atoms with van der Waals surface area (Å²) in [6.07, 6.45) is 9.34. The van der Waals surface area contributed by atoms with Crippen molar-refractivity contribution in [2.75, 3.05) is 26.5 Å².